The lowest BCUT2D eigenvalue weighted by atomic mass is 10.1. The van der Waals surface area contributed by atoms with Gasteiger partial charge >= 0.3 is 5.97 Å². The van der Waals surface area contributed by atoms with Gasteiger partial charge in [-0.3, -0.25) is 14.4 Å². The Morgan fingerprint density at radius 1 is 1.03 bits per heavy atom. The molecule has 3 atom stereocenters. The predicted molar refractivity (Wildman–Crippen MR) is 120 cm³/mol. The molecular weight excluding hydrogens is 452 g/mol. The molecule has 2 aromatic rings. The number of nitrogens with one attached hydrogen (secondary N) is 5. The zero-order valence-electron chi connectivity index (χ0n) is 18.0. The zero-order chi connectivity index (χ0) is 24.2. The molecule has 0 radical (unpaired) electrons. The first-order valence-corrected chi connectivity index (χ1v) is 11.5. The maximum Gasteiger partial charge on any atom is 0.326 e. The highest BCUT2D eigenvalue weighted by Crippen LogP contribution is 2.04. The summed E-state index contributed by atoms with van der Waals surface area (Å²) in [6.45, 7) is -0.406. The molecule has 13 nitrogen and oxygen atoms in total. The number of aliphatic carboxylic acids is 1. The number of amides is 3. The van der Waals surface area contributed by atoms with Crippen molar-refractivity contribution in [3.63, 3.8) is 0 Å². The lowest BCUT2D eigenvalue weighted by molar-refractivity contribution is -0.142. The highest BCUT2D eigenvalue weighted by molar-refractivity contribution is 7.98. The van der Waals surface area contributed by atoms with Gasteiger partial charge in [0.1, 0.15) is 12.1 Å². The average molecular weight is 481 g/mol. The van der Waals surface area contributed by atoms with E-state index in [2.05, 4.69) is 35.9 Å². The summed E-state index contributed by atoms with van der Waals surface area (Å²) >= 11 is 1.46. The number of nitrogens with two attached hydrogens (primary N) is 1. The standard InChI is InChI=1S/C19H28N8O5S/c1-33-3-2-14(19(31)32)27-18(30)15(5-12-7-22-10-25-12)26-16(28)8-23-17(29)13(20)4-11-6-21-9-24-11/h6-7,9-10,13-15H,2-5,8,20H2,1H3,(H,21,24)(H,22,25)(H,23,29)(H,26,28)(H,27,30)(H,31,32). The van der Waals surface area contributed by atoms with Crippen LogP contribution in [0.1, 0.15) is 17.8 Å². The Labute approximate surface area is 194 Å². The second-order valence-corrected chi connectivity index (χ2v) is 8.17. The molecule has 2 aromatic heterocycles. The fraction of sp³-hybridized carbons (Fsp3) is 0.474. The van der Waals surface area contributed by atoms with Crippen LogP contribution < -0.4 is 21.7 Å². The molecule has 0 spiro atoms. The molecule has 0 aliphatic heterocycles. The van der Waals surface area contributed by atoms with Crippen molar-refractivity contribution in [3.05, 3.63) is 36.4 Å². The van der Waals surface area contributed by atoms with Gasteiger partial charge in [0.25, 0.3) is 0 Å². The first kappa shape index (κ1) is 25.9. The number of imidazole rings is 2. The molecule has 0 saturated heterocycles. The van der Waals surface area contributed by atoms with Crippen LogP contribution in [-0.2, 0) is 32.0 Å². The maximum atomic E-state index is 12.8. The number of rotatable bonds is 14. The number of carbonyl (C=O) groups excluding carboxylic acids is 3. The van der Waals surface area contributed by atoms with E-state index in [9.17, 15) is 24.3 Å². The van der Waals surface area contributed by atoms with E-state index in [1.165, 1.54) is 30.6 Å². The second kappa shape index (κ2) is 13.2. The fourth-order valence-electron chi connectivity index (χ4n) is 2.86. The molecule has 2 heterocycles. The Hall–Kier alpha value is -3.39. The van der Waals surface area contributed by atoms with E-state index >= 15 is 0 Å². The summed E-state index contributed by atoms with van der Waals surface area (Å²) in [7, 11) is 0. The zero-order valence-corrected chi connectivity index (χ0v) is 18.9. The van der Waals surface area contributed by atoms with Crippen LogP contribution >= 0.6 is 11.8 Å². The van der Waals surface area contributed by atoms with Crippen molar-refractivity contribution >= 4 is 35.5 Å². The topological polar surface area (TPSA) is 208 Å². The van der Waals surface area contributed by atoms with Gasteiger partial charge in [0, 0.05) is 36.6 Å². The van der Waals surface area contributed by atoms with Gasteiger partial charge in [-0.1, -0.05) is 0 Å². The molecule has 0 saturated carbocycles. The number of nitrogens with zero attached hydrogens (tertiary/aromatic N) is 2. The second-order valence-electron chi connectivity index (χ2n) is 7.19. The van der Waals surface area contributed by atoms with Gasteiger partial charge in [0.15, 0.2) is 0 Å². The van der Waals surface area contributed by atoms with Gasteiger partial charge in [0.05, 0.1) is 25.2 Å². The fourth-order valence-corrected chi connectivity index (χ4v) is 3.33. The number of aromatic amines is 2. The summed E-state index contributed by atoms with van der Waals surface area (Å²) in [6, 6.07) is -3.06. The smallest absolute Gasteiger partial charge is 0.326 e. The minimum absolute atomic E-state index is 0.0553. The van der Waals surface area contributed by atoms with Crippen molar-refractivity contribution in [1.82, 2.24) is 35.9 Å². The van der Waals surface area contributed by atoms with E-state index in [1.54, 1.807) is 6.20 Å². The number of aromatic nitrogens is 4. The Kier molecular flexibility index (Phi) is 10.4. The highest BCUT2D eigenvalue weighted by Gasteiger charge is 2.27. The summed E-state index contributed by atoms with van der Waals surface area (Å²) < 4.78 is 0. The van der Waals surface area contributed by atoms with E-state index in [-0.39, 0.29) is 19.3 Å². The van der Waals surface area contributed by atoms with Crippen molar-refractivity contribution in [2.75, 3.05) is 18.6 Å². The normalized spacial score (nSPS) is 13.5. The Morgan fingerprint density at radius 2 is 1.67 bits per heavy atom. The number of H-pyrrole nitrogens is 2. The van der Waals surface area contributed by atoms with Crippen molar-refractivity contribution in [3.8, 4) is 0 Å². The third kappa shape index (κ3) is 8.94. The lowest BCUT2D eigenvalue weighted by Gasteiger charge is -2.21. The molecular formula is C19H28N8O5S. The maximum absolute atomic E-state index is 12.8. The minimum Gasteiger partial charge on any atom is -0.480 e. The first-order chi connectivity index (χ1) is 15.8. The molecule has 180 valence electrons. The van der Waals surface area contributed by atoms with Crippen LogP contribution in [0.15, 0.2) is 25.0 Å². The minimum atomic E-state index is -1.16. The summed E-state index contributed by atoms with van der Waals surface area (Å²) in [6.07, 6.45) is 8.26. The van der Waals surface area contributed by atoms with E-state index in [1.807, 2.05) is 6.26 Å². The monoisotopic (exact) mass is 480 g/mol. The number of carboxylic acid groups (broad SMARTS) is 1. The number of thioether (sulfide) groups is 1. The molecule has 3 amide bonds. The van der Waals surface area contributed by atoms with E-state index in [0.717, 1.165) is 0 Å². The summed E-state index contributed by atoms with van der Waals surface area (Å²) in [5, 5.41) is 16.8. The van der Waals surface area contributed by atoms with E-state index < -0.39 is 48.4 Å². The molecule has 33 heavy (non-hydrogen) atoms. The first-order valence-electron chi connectivity index (χ1n) is 10.1. The van der Waals surface area contributed by atoms with E-state index in [4.69, 9.17) is 5.73 Å². The van der Waals surface area contributed by atoms with Gasteiger partial charge in [-0.05, 0) is 18.4 Å². The lowest BCUT2D eigenvalue weighted by Crippen LogP contribution is -2.54. The number of hydrogen-bond donors (Lipinski definition) is 7. The summed E-state index contributed by atoms with van der Waals surface area (Å²) in [5.74, 6) is -2.46. The molecule has 0 fully saturated rings. The molecule has 14 heteroatoms. The Balaban J connectivity index is 1.94. The third-order valence-corrected chi connectivity index (χ3v) is 5.25. The Morgan fingerprint density at radius 3 is 2.21 bits per heavy atom. The van der Waals surface area contributed by atoms with Crippen molar-refractivity contribution < 1.29 is 24.3 Å². The molecule has 3 unspecified atom stereocenters. The van der Waals surface area contributed by atoms with Crippen molar-refractivity contribution in [2.45, 2.75) is 37.4 Å². The molecule has 0 aliphatic rings. The van der Waals surface area contributed by atoms with Crippen LogP contribution in [0.2, 0.25) is 0 Å². The predicted octanol–water partition coefficient (Wildman–Crippen LogP) is -1.83. The van der Waals surface area contributed by atoms with Crippen LogP contribution in [0.4, 0.5) is 0 Å². The largest absolute Gasteiger partial charge is 0.480 e. The highest BCUT2D eigenvalue weighted by atomic mass is 32.2. The van der Waals surface area contributed by atoms with Gasteiger partial charge in [-0.2, -0.15) is 11.8 Å². The van der Waals surface area contributed by atoms with Crippen LogP contribution in [0.25, 0.3) is 0 Å². The molecule has 0 aromatic carbocycles. The van der Waals surface area contributed by atoms with Crippen LogP contribution in [0, 0.1) is 0 Å². The van der Waals surface area contributed by atoms with Crippen molar-refractivity contribution in [1.29, 1.82) is 0 Å². The van der Waals surface area contributed by atoms with Crippen LogP contribution in [-0.4, -0.2) is 85.4 Å². The number of carboxylic acids is 1. The van der Waals surface area contributed by atoms with Crippen LogP contribution in [0.5, 0.6) is 0 Å². The summed E-state index contributed by atoms with van der Waals surface area (Å²) in [5.41, 5.74) is 7.07. The van der Waals surface area contributed by atoms with Gasteiger partial charge in [-0.25, -0.2) is 14.8 Å². The third-order valence-electron chi connectivity index (χ3n) is 4.61. The SMILES string of the molecule is CSCCC(NC(=O)C(Cc1cnc[nH]1)NC(=O)CNC(=O)C(N)Cc1cnc[nH]1)C(=O)O. The van der Waals surface area contributed by atoms with Gasteiger partial charge < -0.3 is 36.8 Å². The Bertz CT molecular complexity index is 905. The van der Waals surface area contributed by atoms with Crippen LogP contribution in [0.3, 0.4) is 0 Å². The number of hydrogen-bond acceptors (Lipinski definition) is 8. The molecule has 8 N–H and O–H groups in total. The van der Waals surface area contributed by atoms with Crippen molar-refractivity contribution in [2.24, 2.45) is 5.73 Å². The van der Waals surface area contributed by atoms with Gasteiger partial charge in [0.2, 0.25) is 17.7 Å². The molecule has 0 bridgehead atoms. The average Bonchev–Trinajstić information content (AvgIpc) is 3.48. The molecule has 2 rings (SSSR count). The summed E-state index contributed by atoms with van der Waals surface area (Å²) in [4.78, 5) is 62.2. The molecule has 0 aliphatic carbocycles. The van der Waals surface area contributed by atoms with Gasteiger partial charge in [-0.15, -0.1) is 0 Å². The van der Waals surface area contributed by atoms with E-state index in [0.29, 0.717) is 17.1 Å². The number of carbonyl (C=O) groups is 4. The quantitative estimate of drug-likeness (QED) is 0.162.